The highest BCUT2D eigenvalue weighted by molar-refractivity contribution is 7.99. The van der Waals surface area contributed by atoms with Crippen LogP contribution in [0.2, 0.25) is 5.02 Å². The van der Waals surface area contributed by atoms with Crippen molar-refractivity contribution in [2.45, 2.75) is 50.2 Å². The van der Waals surface area contributed by atoms with Crippen molar-refractivity contribution in [1.29, 1.82) is 0 Å². The van der Waals surface area contributed by atoms with Gasteiger partial charge in [0.05, 0.1) is 11.0 Å². The van der Waals surface area contributed by atoms with E-state index in [1.54, 1.807) is 11.8 Å². The lowest BCUT2D eigenvalue weighted by atomic mass is 9.76. The number of aliphatic hydroxyl groups excluding tert-OH is 1. The van der Waals surface area contributed by atoms with Gasteiger partial charge in [0.1, 0.15) is 0 Å². The third kappa shape index (κ3) is 4.24. The maximum atomic E-state index is 10.8. The van der Waals surface area contributed by atoms with Crippen LogP contribution in [-0.2, 0) is 0 Å². The second-order valence-corrected chi connectivity index (χ2v) is 9.15. The molecule has 0 aliphatic heterocycles. The number of halogens is 1. The predicted molar refractivity (Wildman–Crippen MR) is 109 cm³/mol. The van der Waals surface area contributed by atoms with Gasteiger partial charge in [-0.15, -0.1) is 11.8 Å². The van der Waals surface area contributed by atoms with Gasteiger partial charge in [-0.1, -0.05) is 61.8 Å². The topological polar surface area (TPSA) is 20.2 Å². The highest BCUT2D eigenvalue weighted by Gasteiger charge is 2.32. The lowest BCUT2D eigenvalue weighted by Gasteiger charge is -2.34. The molecule has 1 unspecified atom stereocenters. The number of aliphatic hydroxyl groups is 1. The Labute approximate surface area is 160 Å². The van der Waals surface area contributed by atoms with Gasteiger partial charge in [-0.2, -0.15) is 0 Å². The van der Waals surface area contributed by atoms with Crippen LogP contribution in [0, 0.1) is 12.3 Å². The summed E-state index contributed by atoms with van der Waals surface area (Å²) < 4.78 is 0. The lowest BCUT2D eigenvalue weighted by molar-refractivity contribution is 0.238. The molecule has 0 spiro atoms. The summed E-state index contributed by atoms with van der Waals surface area (Å²) in [6.07, 6.45) is 2.73. The minimum Gasteiger partial charge on any atom is -0.512 e. The molecule has 3 rings (SSSR count). The minimum atomic E-state index is 0.0471. The molecule has 0 saturated heterocycles. The third-order valence-electron chi connectivity index (χ3n) is 4.93. The molecule has 2 aromatic carbocycles. The molecule has 3 heteroatoms. The van der Waals surface area contributed by atoms with Crippen molar-refractivity contribution in [2.75, 3.05) is 0 Å². The molecule has 0 fully saturated rings. The fourth-order valence-electron chi connectivity index (χ4n) is 3.38. The Morgan fingerprint density at radius 2 is 1.76 bits per heavy atom. The van der Waals surface area contributed by atoms with E-state index in [1.165, 1.54) is 10.5 Å². The molecule has 0 heterocycles. The molecule has 0 radical (unpaired) electrons. The quantitative estimate of drug-likeness (QED) is 0.560. The maximum Gasteiger partial charge on any atom is 0.0934 e. The Balaban J connectivity index is 2.04. The van der Waals surface area contributed by atoms with Crippen LogP contribution in [0.15, 0.2) is 64.8 Å². The van der Waals surface area contributed by atoms with E-state index >= 15 is 0 Å². The van der Waals surface area contributed by atoms with Crippen LogP contribution in [-0.4, -0.2) is 5.11 Å². The van der Waals surface area contributed by atoms with E-state index in [2.05, 4.69) is 51.1 Å². The van der Waals surface area contributed by atoms with Crippen LogP contribution in [0.4, 0.5) is 0 Å². The zero-order chi connectivity index (χ0) is 18.0. The average Bonchev–Trinajstić information content (AvgIpc) is 2.55. The first-order valence-electron chi connectivity index (χ1n) is 8.75. The molecule has 1 nitrogen and oxygen atoms in total. The number of benzene rings is 2. The van der Waals surface area contributed by atoms with Crippen molar-refractivity contribution in [3.63, 3.8) is 0 Å². The molecular formula is C22H25ClOS. The summed E-state index contributed by atoms with van der Waals surface area (Å²) in [5.41, 5.74) is 3.62. The monoisotopic (exact) mass is 372 g/mol. The normalized spacial score (nSPS) is 18.2. The first kappa shape index (κ1) is 18.4. The number of hydrogen-bond donors (Lipinski definition) is 1. The summed E-state index contributed by atoms with van der Waals surface area (Å²) in [6.45, 7) is 6.57. The van der Waals surface area contributed by atoms with E-state index in [1.807, 2.05) is 18.2 Å². The van der Waals surface area contributed by atoms with Crippen molar-refractivity contribution in [1.82, 2.24) is 0 Å². The molecule has 0 aromatic heterocycles. The van der Waals surface area contributed by atoms with Crippen LogP contribution >= 0.6 is 23.4 Å². The zero-order valence-electron chi connectivity index (χ0n) is 15.1. The van der Waals surface area contributed by atoms with Gasteiger partial charge < -0.3 is 5.11 Å². The molecule has 25 heavy (non-hydrogen) atoms. The number of allylic oxidation sites excluding steroid dienone is 1. The minimum absolute atomic E-state index is 0.0471. The highest BCUT2D eigenvalue weighted by Crippen LogP contribution is 2.50. The summed E-state index contributed by atoms with van der Waals surface area (Å²) in [6, 6.07) is 16.4. The van der Waals surface area contributed by atoms with Gasteiger partial charge in [-0.3, -0.25) is 0 Å². The first-order chi connectivity index (χ1) is 11.9. The summed E-state index contributed by atoms with van der Waals surface area (Å²) in [7, 11) is 0. The Bertz CT molecular complexity index is 794. The van der Waals surface area contributed by atoms with Crippen LogP contribution in [0.5, 0.6) is 0 Å². The van der Waals surface area contributed by atoms with E-state index in [9.17, 15) is 5.11 Å². The number of hydrogen-bond acceptors (Lipinski definition) is 2. The molecule has 0 amide bonds. The molecule has 2 aromatic rings. The maximum absolute atomic E-state index is 10.8. The second-order valence-electron chi connectivity index (χ2n) is 7.60. The molecule has 0 saturated carbocycles. The summed E-state index contributed by atoms with van der Waals surface area (Å²) in [4.78, 5) is 1.23. The Morgan fingerprint density at radius 3 is 2.44 bits per heavy atom. The van der Waals surface area contributed by atoms with Crippen molar-refractivity contribution in [2.24, 2.45) is 5.41 Å². The van der Waals surface area contributed by atoms with E-state index < -0.39 is 0 Å². The number of aryl methyl sites for hydroxylation is 1. The van der Waals surface area contributed by atoms with Crippen LogP contribution in [0.3, 0.4) is 0 Å². The summed E-state index contributed by atoms with van der Waals surface area (Å²) >= 11 is 8.32. The fraction of sp³-hybridized carbons (Fsp3) is 0.364. The first-order valence-corrected chi connectivity index (χ1v) is 10.0. The zero-order valence-corrected chi connectivity index (χ0v) is 16.6. The number of rotatable bonds is 4. The molecule has 1 aliphatic rings. The number of thioether (sulfide) groups is 1. The second kappa shape index (κ2) is 7.47. The van der Waals surface area contributed by atoms with Gasteiger partial charge in [0.2, 0.25) is 0 Å². The fourth-order valence-corrected chi connectivity index (χ4v) is 5.08. The Hall–Kier alpha value is -1.38. The van der Waals surface area contributed by atoms with Crippen molar-refractivity contribution in [3.05, 3.63) is 76.0 Å². The van der Waals surface area contributed by atoms with Crippen molar-refractivity contribution >= 4 is 23.4 Å². The SMILES string of the molecule is Cc1ccccc1SC(C1=C(O)CC(C)(C)CC1)c1ccccc1Cl. The molecule has 1 aliphatic carbocycles. The highest BCUT2D eigenvalue weighted by atomic mass is 35.5. The standard InChI is InChI=1S/C22H25ClOS/c1-15-8-4-7-11-20(15)25-21(16-9-5-6-10-18(16)23)17-12-13-22(2,3)14-19(17)24/h4-11,21,24H,12-14H2,1-3H3. The van der Waals surface area contributed by atoms with Gasteiger partial charge in [0.25, 0.3) is 0 Å². The average molecular weight is 373 g/mol. The van der Waals surface area contributed by atoms with E-state index in [0.29, 0.717) is 5.76 Å². The van der Waals surface area contributed by atoms with E-state index in [0.717, 1.165) is 35.4 Å². The molecule has 1 N–H and O–H groups in total. The Morgan fingerprint density at radius 1 is 1.08 bits per heavy atom. The molecular weight excluding hydrogens is 348 g/mol. The largest absolute Gasteiger partial charge is 0.512 e. The third-order valence-corrected chi connectivity index (χ3v) is 6.76. The van der Waals surface area contributed by atoms with Gasteiger partial charge >= 0.3 is 0 Å². The smallest absolute Gasteiger partial charge is 0.0934 e. The summed E-state index contributed by atoms with van der Waals surface area (Å²) in [5.74, 6) is 0.544. The van der Waals surface area contributed by atoms with Gasteiger partial charge in [-0.25, -0.2) is 0 Å². The van der Waals surface area contributed by atoms with E-state index in [-0.39, 0.29) is 10.7 Å². The van der Waals surface area contributed by atoms with Gasteiger partial charge in [0, 0.05) is 16.3 Å². The van der Waals surface area contributed by atoms with Crippen molar-refractivity contribution < 1.29 is 5.11 Å². The molecule has 132 valence electrons. The van der Waals surface area contributed by atoms with Crippen LogP contribution < -0.4 is 0 Å². The van der Waals surface area contributed by atoms with Crippen molar-refractivity contribution in [3.8, 4) is 0 Å². The molecule has 0 bridgehead atoms. The van der Waals surface area contributed by atoms with Gasteiger partial charge in [-0.05, 0) is 54.0 Å². The lowest BCUT2D eigenvalue weighted by Crippen LogP contribution is -2.20. The van der Waals surface area contributed by atoms with E-state index in [4.69, 9.17) is 11.6 Å². The predicted octanol–water partition coefficient (Wildman–Crippen LogP) is 7.50. The summed E-state index contributed by atoms with van der Waals surface area (Å²) in [5, 5.41) is 11.6. The Kier molecular flexibility index (Phi) is 5.50. The molecule has 1 atom stereocenters. The van der Waals surface area contributed by atoms with Crippen LogP contribution in [0.25, 0.3) is 0 Å². The van der Waals surface area contributed by atoms with Gasteiger partial charge in [0.15, 0.2) is 0 Å². The van der Waals surface area contributed by atoms with Crippen LogP contribution in [0.1, 0.15) is 49.5 Å².